The summed E-state index contributed by atoms with van der Waals surface area (Å²) in [5.41, 5.74) is 2.55. The van der Waals surface area contributed by atoms with E-state index in [0.29, 0.717) is 18.6 Å². The number of methoxy groups -OCH3 is 1. The molecule has 0 amide bonds. The van der Waals surface area contributed by atoms with Crippen molar-refractivity contribution in [3.63, 3.8) is 0 Å². The van der Waals surface area contributed by atoms with Crippen LogP contribution in [0.15, 0.2) is 55.1 Å². The lowest BCUT2D eigenvalue weighted by Crippen LogP contribution is -2.01. The zero-order valence-electron chi connectivity index (χ0n) is 12.0. The third-order valence-electron chi connectivity index (χ3n) is 3.20. The Bertz CT molecular complexity index is 615. The highest BCUT2D eigenvalue weighted by Crippen LogP contribution is 2.24. The lowest BCUT2D eigenvalue weighted by Gasteiger charge is -2.12. The fourth-order valence-corrected chi connectivity index (χ4v) is 2.07. The summed E-state index contributed by atoms with van der Waals surface area (Å²) in [6.45, 7) is 4.17. The SMILES string of the molecule is C=CCc1c(C=O)cccc1OCc1ccc(OC)cc1. The van der Waals surface area contributed by atoms with Crippen LogP contribution in [0, 0.1) is 0 Å². The highest BCUT2D eigenvalue weighted by molar-refractivity contribution is 5.78. The normalized spacial score (nSPS) is 9.95. The fraction of sp³-hybridized carbons (Fsp3) is 0.167. The summed E-state index contributed by atoms with van der Waals surface area (Å²) in [5, 5.41) is 0. The average Bonchev–Trinajstić information content (AvgIpc) is 2.54. The Labute approximate surface area is 124 Å². The topological polar surface area (TPSA) is 35.5 Å². The molecule has 0 aliphatic heterocycles. The van der Waals surface area contributed by atoms with Crippen molar-refractivity contribution in [1.29, 1.82) is 0 Å². The minimum atomic E-state index is 0.441. The van der Waals surface area contributed by atoms with E-state index < -0.39 is 0 Å². The number of hydrogen-bond donors (Lipinski definition) is 0. The van der Waals surface area contributed by atoms with Crippen LogP contribution >= 0.6 is 0 Å². The molecule has 21 heavy (non-hydrogen) atoms. The van der Waals surface area contributed by atoms with E-state index in [1.807, 2.05) is 36.4 Å². The maximum Gasteiger partial charge on any atom is 0.150 e. The highest BCUT2D eigenvalue weighted by atomic mass is 16.5. The second-order valence-corrected chi connectivity index (χ2v) is 4.57. The molecule has 0 atom stereocenters. The molecule has 0 saturated carbocycles. The molecule has 2 rings (SSSR count). The van der Waals surface area contributed by atoms with Gasteiger partial charge in [0.1, 0.15) is 24.4 Å². The van der Waals surface area contributed by atoms with E-state index in [2.05, 4.69) is 6.58 Å². The molecule has 0 N–H and O–H groups in total. The van der Waals surface area contributed by atoms with Gasteiger partial charge in [-0.2, -0.15) is 0 Å². The molecular formula is C18H18O3. The quantitative estimate of drug-likeness (QED) is 0.572. The summed E-state index contributed by atoms with van der Waals surface area (Å²) in [4.78, 5) is 11.1. The van der Waals surface area contributed by atoms with Crippen molar-refractivity contribution in [1.82, 2.24) is 0 Å². The molecule has 0 unspecified atom stereocenters. The van der Waals surface area contributed by atoms with E-state index in [1.165, 1.54) is 0 Å². The minimum Gasteiger partial charge on any atom is -0.497 e. The Morgan fingerprint density at radius 2 is 1.90 bits per heavy atom. The van der Waals surface area contributed by atoms with Crippen LogP contribution in [0.5, 0.6) is 11.5 Å². The molecular weight excluding hydrogens is 264 g/mol. The monoisotopic (exact) mass is 282 g/mol. The van der Waals surface area contributed by atoms with Gasteiger partial charge in [-0.15, -0.1) is 6.58 Å². The summed E-state index contributed by atoms with van der Waals surface area (Å²) in [6.07, 6.45) is 3.22. The van der Waals surface area contributed by atoms with Gasteiger partial charge < -0.3 is 9.47 Å². The van der Waals surface area contributed by atoms with Crippen molar-refractivity contribution in [2.45, 2.75) is 13.0 Å². The number of carbonyl (C=O) groups is 1. The molecule has 0 heterocycles. The Morgan fingerprint density at radius 1 is 1.14 bits per heavy atom. The van der Waals surface area contributed by atoms with Gasteiger partial charge >= 0.3 is 0 Å². The highest BCUT2D eigenvalue weighted by Gasteiger charge is 2.08. The Hall–Kier alpha value is -2.55. The van der Waals surface area contributed by atoms with Gasteiger partial charge in [-0.25, -0.2) is 0 Å². The van der Waals surface area contributed by atoms with Gasteiger partial charge in [-0.3, -0.25) is 4.79 Å². The van der Waals surface area contributed by atoms with Crippen LogP contribution in [0.3, 0.4) is 0 Å². The zero-order valence-corrected chi connectivity index (χ0v) is 12.0. The number of carbonyl (C=O) groups excluding carboxylic acids is 1. The van der Waals surface area contributed by atoms with Crippen molar-refractivity contribution in [3.05, 3.63) is 71.8 Å². The van der Waals surface area contributed by atoms with Gasteiger partial charge in [0, 0.05) is 11.1 Å². The standard InChI is InChI=1S/C18H18O3/c1-3-5-17-15(12-19)6-4-7-18(17)21-13-14-8-10-16(20-2)11-9-14/h3-4,6-12H,1,5,13H2,2H3. The van der Waals surface area contributed by atoms with Crippen molar-refractivity contribution in [3.8, 4) is 11.5 Å². The number of allylic oxidation sites excluding steroid dienone is 1. The average molecular weight is 282 g/mol. The summed E-state index contributed by atoms with van der Waals surface area (Å²) in [7, 11) is 1.64. The Kier molecular flexibility index (Phi) is 5.16. The Balaban J connectivity index is 2.14. The van der Waals surface area contributed by atoms with Crippen LogP contribution in [-0.2, 0) is 13.0 Å². The third-order valence-corrected chi connectivity index (χ3v) is 3.20. The molecule has 0 saturated heterocycles. The number of aldehydes is 1. The molecule has 0 fully saturated rings. The predicted molar refractivity (Wildman–Crippen MR) is 83.1 cm³/mol. The zero-order chi connectivity index (χ0) is 15.1. The lowest BCUT2D eigenvalue weighted by atomic mass is 10.0. The molecule has 0 aliphatic carbocycles. The fourth-order valence-electron chi connectivity index (χ4n) is 2.07. The van der Waals surface area contributed by atoms with Gasteiger partial charge in [0.2, 0.25) is 0 Å². The number of benzene rings is 2. The van der Waals surface area contributed by atoms with Crippen molar-refractivity contribution >= 4 is 6.29 Å². The molecule has 0 spiro atoms. The lowest BCUT2D eigenvalue weighted by molar-refractivity contribution is 0.112. The maximum atomic E-state index is 11.1. The van der Waals surface area contributed by atoms with Gasteiger partial charge in [-0.1, -0.05) is 30.3 Å². The predicted octanol–water partition coefficient (Wildman–Crippen LogP) is 3.82. The molecule has 2 aromatic carbocycles. The number of rotatable bonds is 7. The minimum absolute atomic E-state index is 0.441. The van der Waals surface area contributed by atoms with Gasteiger partial charge in [0.15, 0.2) is 0 Å². The van der Waals surface area contributed by atoms with E-state index in [4.69, 9.17) is 9.47 Å². The van der Waals surface area contributed by atoms with Crippen LogP contribution in [0.4, 0.5) is 0 Å². The van der Waals surface area contributed by atoms with Crippen LogP contribution in [-0.4, -0.2) is 13.4 Å². The van der Waals surface area contributed by atoms with E-state index >= 15 is 0 Å². The van der Waals surface area contributed by atoms with Crippen LogP contribution < -0.4 is 9.47 Å². The third kappa shape index (κ3) is 3.72. The number of ether oxygens (including phenoxy) is 2. The van der Waals surface area contributed by atoms with Crippen LogP contribution in [0.1, 0.15) is 21.5 Å². The van der Waals surface area contributed by atoms with Gasteiger partial charge in [0.25, 0.3) is 0 Å². The Morgan fingerprint density at radius 3 is 2.52 bits per heavy atom. The summed E-state index contributed by atoms with van der Waals surface area (Å²) >= 11 is 0. The van der Waals surface area contributed by atoms with E-state index in [0.717, 1.165) is 28.9 Å². The second kappa shape index (κ2) is 7.29. The smallest absolute Gasteiger partial charge is 0.150 e. The molecule has 0 aromatic heterocycles. The van der Waals surface area contributed by atoms with Crippen LogP contribution in [0.25, 0.3) is 0 Å². The molecule has 3 heteroatoms. The second-order valence-electron chi connectivity index (χ2n) is 4.57. The first-order chi connectivity index (χ1) is 10.3. The van der Waals surface area contributed by atoms with E-state index in [9.17, 15) is 4.79 Å². The summed E-state index contributed by atoms with van der Waals surface area (Å²) in [5.74, 6) is 1.53. The summed E-state index contributed by atoms with van der Waals surface area (Å²) < 4.78 is 11.0. The molecule has 0 aliphatic rings. The summed E-state index contributed by atoms with van der Waals surface area (Å²) in [6, 6.07) is 13.2. The van der Waals surface area contributed by atoms with E-state index in [-0.39, 0.29) is 0 Å². The van der Waals surface area contributed by atoms with Gasteiger partial charge in [-0.05, 0) is 30.2 Å². The van der Waals surface area contributed by atoms with Crippen molar-refractivity contribution in [2.75, 3.05) is 7.11 Å². The van der Waals surface area contributed by atoms with Crippen LogP contribution in [0.2, 0.25) is 0 Å². The molecule has 0 radical (unpaired) electrons. The first-order valence-corrected chi connectivity index (χ1v) is 6.72. The molecule has 2 aromatic rings. The van der Waals surface area contributed by atoms with Crippen molar-refractivity contribution < 1.29 is 14.3 Å². The first kappa shape index (κ1) is 14.9. The molecule has 3 nitrogen and oxygen atoms in total. The van der Waals surface area contributed by atoms with E-state index in [1.54, 1.807) is 19.3 Å². The number of hydrogen-bond acceptors (Lipinski definition) is 3. The largest absolute Gasteiger partial charge is 0.497 e. The van der Waals surface area contributed by atoms with Gasteiger partial charge in [0.05, 0.1) is 7.11 Å². The maximum absolute atomic E-state index is 11.1. The van der Waals surface area contributed by atoms with Crippen molar-refractivity contribution in [2.24, 2.45) is 0 Å². The first-order valence-electron chi connectivity index (χ1n) is 6.72. The molecule has 0 bridgehead atoms. The molecule has 108 valence electrons.